The van der Waals surface area contributed by atoms with Crippen LogP contribution in [-0.4, -0.2) is 25.8 Å². The third kappa shape index (κ3) is 3.38. The maximum atomic E-state index is 12.0. The lowest BCUT2D eigenvalue weighted by atomic mass is 9.93. The molecule has 0 bridgehead atoms. The van der Waals surface area contributed by atoms with Crippen molar-refractivity contribution in [2.75, 3.05) is 6.54 Å². The Labute approximate surface area is 112 Å². The van der Waals surface area contributed by atoms with E-state index >= 15 is 0 Å². The molecule has 0 fully saturated rings. The van der Waals surface area contributed by atoms with Crippen molar-refractivity contribution < 1.29 is 12.9 Å². The van der Waals surface area contributed by atoms with E-state index in [1.54, 1.807) is 0 Å². The molecule has 8 heteroatoms. The molecule has 0 saturated carbocycles. The topological polar surface area (TPSA) is 96.9 Å². The van der Waals surface area contributed by atoms with Crippen LogP contribution in [0.4, 0.5) is 0 Å². The zero-order valence-corrected chi connectivity index (χ0v) is 12.3. The summed E-state index contributed by atoms with van der Waals surface area (Å²) in [6.07, 6.45) is 0.534. The molecule has 0 atom stereocenters. The zero-order chi connectivity index (χ0) is 14.3. The molecule has 1 aromatic rings. The first-order chi connectivity index (χ1) is 8.62. The van der Waals surface area contributed by atoms with Crippen molar-refractivity contribution in [1.82, 2.24) is 9.88 Å². The molecule has 0 radical (unpaired) electrons. The second-order valence-corrected chi connectivity index (χ2v) is 7.54. The Bertz CT molecular complexity index is 592. The Morgan fingerprint density at radius 3 is 2.47 bits per heavy atom. The van der Waals surface area contributed by atoms with Gasteiger partial charge in [0.2, 0.25) is 0 Å². The number of nitrogens with one attached hydrogen (secondary N) is 1. The van der Waals surface area contributed by atoms with E-state index in [-0.39, 0.29) is 17.1 Å². The molecule has 2 heterocycles. The molecule has 1 aliphatic rings. The SMILES string of the molecule is CC1(CCNS(=O)(=O)c2cc(C(C)(C)C)no2)N=N1. The number of hydrogen-bond acceptors (Lipinski definition) is 6. The van der Waals surface area contributed by atoms with Crippen molar-refractivity contribution >= 4 is 10.0 Å². The molecule has 0 aliphatic carbocycles. The summed E-state index contributed by atoms with van der Waals surface area (Å²) in [6, 6.07) is 1.45. The molecule has 1 aliphatic heterocycles. The van der Waals surface area contributed by atoms with Gasteiger partial charge in [0, 0.05) is 24.4 Å². The minimum Gasteiger partial charge on any atom is -0.343 e. The number of hydrogen-bond donors (Lipinski definition) is 1. The van der Waals surface area contributed by atoms with Gasteiger partial charge in [-0.15, -0.1) is 0 Å². The van der Waals surface area contributed by atoms with E-state index in [0.717, 1.165) is 0 Å². The molecular weight excluding hydrogens is 268 g/mol. The van der Waals surface area contributed by atoms with Gasteiger partial charge in [-0.2, -0.15) is 10.2 Å². The van der Waals surface area contributed by atoms with Gasteiger partial charge in [-0.1, -0.05) is 25.9 Å². The summed E-state index contributed by atoms with van der Waals surface area (Å²) in [6.45, 7) is 7.91. The van der Waals surface area contributed by atoms with Gasteiger partial charge < -0.3 is 4.52 Å². The highest BCUT2D eigenvalue weighted by Crippen LogP contribution is 2.30. The summed E-state index contributed by atoms with van der Waals surface area (Å²) in [5.41, 5.74) is -0.0659. The normalized spacial score (nSPS) is 17.7. The van der Waals surface area contributed by atoms with Gasteiger partial charge in [0.15, 0.2) is 5.66 Å². The zero-order valence-electron chi connectivity index (χ0n) is 11.5. The first-order valence-corrected chi connectivity index (χ1v) is 7.52. The van der Waals surface area contributed by atoms with E-state index in [2.05, 4.69) is 20.1 Å². The fourth-order valence-electron chi connectivity index (χ4n) is 1.42. The Balaban J connectivity index is 2.00. The molecule has 0 amide bonds. The Morgan fingerprint density at radius 1 is 1.37 bits per heavy atom. The summed E-state index contributed by atoms with van der Waals surface area (Å²) in [5, 5.41) is 11.3. The molecule has 0 unspecified atom stereocenters. The standard InChI is InChI=1S/C11H18N4O3S/c1-10(2,3)8-7-9(18-13-8)19(16,17)12-6-5-11(4)14-15-11/h7,12H,5-6H2,1-4H3. The Hall–Kier alpha value is -1.28. The third-order valence-electron chi connectivity index (χ3n) is 2.85. The van der Waals surface area contributed by atoms with E-state index < -0.39 is 15.7 Å². The predicted octanol–water partition coefficient (Wildman–Crippen LogP) is 1.82. The largest absolute Gasteiger partial charge is 0.343 e. The quantitative estimate of drug-likeness (QED) is 0.892. The lowest BCUT2D eigenvalue weighted by molar-refractivity contribution is 0.325. The van der Waals surface area contributed by atoms with E-state index in [9.17, 15) is 8.42 Å². The highest BCUT2D eigenvalue weighted by atomic mass is 32.2. The molecule has 19 heavy (non-hydrogen) atoms. The molecular formula is C11H18N4O3S. The number of nitrogens with zero attached hydrogens (tertiary/aromatic N) is 3. The summed E-state index contributed by atoms with van der Waals surface area (Å²) < 4.78 is 31.3. The molecule has 1 N–H and O–H groups in total. The van der Waals surface area contributed by atoms with E-state index in [1.807, 2.05) is 27.7 Å². The van der Waals surface area contributed by atoms with Crippen molar-refractivity contribution in [3.05, 3.63) is 11.8 Å². The summed E-state index contributed by atoms with van der Waals surface area (Å²) in [7, 11) is -3.66. The highest BCUT2D eigenvalue weighted by Gasteiger charge is 2.34. The van der Waals surface area contributed by atoms with Crippen LogP contribution in [0, 0.1) is 0 Å². The van der Waals surface area contributed by atoms with Crippen LogP contribution in [0.5, 0.6) is 0 Å². The summed E-state index contributed by atoms with van der Waals surface area (Å²) in [4.78, 5) is 0. The average molecular weight is 286 g/mol. The first kappa shape index (κ1) is 14.1. The predicted molar refractivity (Wildman–Crippen MR) is 68.3 cm³/mol. The van der Waals surface area contributed by atoms with Gasteiger partial charge in [0.25, 0.3) is 15.1 Å². The van der Waals surface area contributed by atoms with Gasteiger partial charge in [0.1, 0.15) is 0 Å². The monoisotopic (exact) mass is 286 g/mol. The summed E-state index contributed by atoms with van der Waals surface area (Å²) in [5.74, 6) is 0. The molecule has 0 saturated heterocycles. The Kier molecular flexibility index (Phi) is 3.26. The molecule has 106 valence electrons. The van der Waals surface area contributed by atoms with Crippen molar-refractivity contribution in [3.8, 4) is 0 Å². The molecule has 0 spiro atoms. The van der Waals surface area contributed by atoms with Crippen LogP contribution in [0.1, 0.15) is 39.8 Å². The fourth-order valence-corrected chi connectivity index (χ4v) is 2.33. The second kappa shape index (κ2) is 4.38. The molecule has 2 rings (SSSR count). The van der Waals surface area contributed by atoms with Crippen LogP contribution in [0.2, 0.25) is 0 Å². The Morgan fingerprint density at radius 2 is 2.00 bits per heavy atom. The fraction of sp³-hybridized carbons (Fsp3) is 0.727. The smallest absolute Gasteiger partial charge is 0.276 e. The average Bonchev–Trinajstić information content (AvgIpc) is 2.82. The molecule has 1 aromatic heterocycles. The second-order valence-electron chi connectivity index (χ2n) is 5.85. The lowest BCUT2D eigenvalue weighted by Crippen LogP contribution is -2.27. The number of aromatic nitrogens is 1. The third-order valence-corrected chi connectivity index (χ3v) is 4.16. The first-order valence-electron chi connectivity index (χ1n) is 6.03. The maximum Gasteiger partial charge on any atom is 0.276 e. The van der Waals surface area contributed by atoms with Crippen LogP contribution in [0.15, 0.2) is 25.9 Å². The highest BCUT2D eigenvalue weighted by molar-refractivity contribution is 7.89. The number of sulfonamides is 1. The molecule has 0 aromatic carbocycles. The van der Waals surface area contributed by atoms with Gasteiger partial charge >= 0.3 is 0 Å². The minimum atomic E-state index is -3.66. The molecule has 7 nitrogen and oxygen atoms in total. The van der Waals surface area contributed by atoms with Gasteiger partial charge in [-0.25, -0.2) is 13.1 Å². The van der Waals surface area contributed by atoms with Crippen molar-refractivity contribution in [2.45, 2.75) is 50.3 Å². The lowest BCUT2D eigenvalue weighted by Gasteiger charge is -2.12. The van der Waals surface area contributed by atoms with Crippen LogP contribution < -0.4 is 4.72 Å². The van der Waals surface area contributed by atoms with Crippen LogP contribution >= 0.6 is 0 Å². The van der Waals surface area contributed by atoms with Crippen LogP contribution in [0.3, 0.4) is 0 Å². The number of rotatable bonds is 5. The summed E-state index contributed by atoms with van der Waals surface area (Å²) >= 11 is 0. The van der Waals surface area contributed by atoms with E-state index in [4.69, 9.17) is 4.52 Å². The van der Waals surface area contributed by atoms with Crippen molar-refractivity contribution in [2.24, 2.45) is 10.2 Å². The van der Waals surface area contributed by atoms with Crippen LogP contribution in [-0.2, 0) is 15.4 Å². The van der Waals surface area contributed by atoms with E-state index in [1.165, 1.54) is 6.07 Å². The minimum absolute atomic E-state index is 0.160. The maximum absolute atomic E-state index is 12.0. The van der Waals surface area contributed by atoms with Crippen LogP contribution in [0.25, 0.3) is 0 Å². The van der Waals surface area contributed by atoms with Crippen molar-refractivity contribution in [3.63, 3.8) is 0 Å². The van der Waals surface area contributed by atoms with Gasteiger partial charge in [-0.05, 0) is 6.92 Å². The van der Waals surface area contributed by atoms with Gasteiger partial charge in [0.05, 0.1) is 5.69 Å². The van der Waals surface area contributed by atoms with E-state index in [0.29, 0.717) is 12.1 Å². The van der Waals surface area contributed by atoms with Crippen molar-refractivity contribution in [1.29, 1.82) is 0 Å². The van der Waals surface area contributed by atoms with Gasteiger partial charge in [-0.3, -0.25) is 0 Å².